The Kier molecular flexibility index (Phi) is 5.00. The summed E-state index contributed by atoms with van der Waals surface area (Å²) in [4.78, 5) is 27.4. The molecule has 27 heavy (non-hydrogen) atoms. The van der Waals surface area contributed by atoms with Crippen molar-refractivity contribution < 1.29 is 14.3 Å². The Morgan fingerprint density at radius 3 is 2.59 bits per heavy atom. The van der Waals surface area contributed by atoms with Gasteiger partial charge >= 0.3 is 0 Å². The molecular formula is C19H23N5O3. The number of pyridine rings is 1. The van der Waals surface area contributed by atoms with E-state index in [-0.39, 0.29) is 5.91 Å². The summed E-state index contributed by atoms with van der Waals surface area (Å²) in [6, 6.07) is 5.58. The SMILES string of the molecule is Cc1nc(NCc2ccncc2)cc(C(=O)N2CCC3(CC2)OCCO3)n1. The summed E-state index contributed by atoms with van der Waals surface area (Å²) >= 11 is 0. The molecule has 8 heteroatoms. The average molecular weight is 369 g/mol. The lowest BCUT2D eigenvalue weighted by Crippen LogP contribution is -2.47. The van der Waals surface area contributed by atoms with Crippen LogP contribution in [-0.2, 0) is 16.0 Å². The second-order valence-electron chi connectivity index (χ2n) is 6.79. The Bertz CT molecular complexity index is 798. The number of hydrogen-bond donors (Lipinski definition) is 1. The van der Waals surface area contributed by atoms with Crippen molar-refractivity contribution in [3.05, 3.63) is 47.7 Å². The highest BCUT2D eigenvalue weighted by atomic mass is 16.7. The Morgan fingerprint density at radius 2 is 1.89 bits per heavy atom. The van der Waals surface area contributed by atoms with Crippen LogP contribution in [0.4, 0.5) is 5.82 Å². The molecule has 0 radical (unpaired) electrons. The number of hydrogen-bond acceptors (Lipinski definition) is 7. The van der Waals surface area contributed by atoms with Gasteiger partial charge in [-0.1, -0.05) is 0 Å². The Morgan fingerprint density at radius 1 is 1.19 bits per heavy atom. The number of piperidine rings is 1. The molecule has 0 unspecified atom stereocenters. The lowest BCUT2D eigenvalue weighted by Gasteiger charge is -2.37. The van der Waals surface area contributed by atoms with Crippen molar-refractivity contribution in [3.8, 4) is 0 Å². The van der Waals surface area contributed by atoms with Crippen LogP contribution < -0.4 is 5.32 Å². The number of likely N-dealkylation sites (tertiary alicyclic amines) is 1. The summed E-state index contributed by atoms with van der Waals surface area (Å²) < 4.78 is 11.5. The molecule has 0 bridgehead atoms. The summed E-state index contributed by atoms with van der Waals surface area (Å²) in [5.74, 6) is 0.628. The van der Waals surface area contributed by atoms with E-state index in [2.05, 4.69) is 20.3 Å². The Labute approximate surface area is 157 Å². The zero-order valence-corrected chi connectivity index (χ0v) is 15.4. The molecule has 1 N–H and O–H groups in total. The minimum absolute atomic E-state index is 0.0830. The van der Waals surface area contributed by atoms with Gasteiger partial charge in [-0.05, 0) is 24.6 Å². The number of ether oxygens (including phenoxy) is 2. The molecule has 2 aliphatic rings. The summed E-state index contributed by atoms with van der Waals surface area (Å²) in [7, 11) is 0. The third-order valence-electron chi connectivity index (χ3n) is 4.91. The van der Waals surface area contributed by atoms with Gasteiger partial charge in [0.05, 0.1) is 13.2 Å². The minimum Gasteiger partial charge on any atom is -0.366 e. The maximum atomic E-state index is 12.9. The molecule has 4 heterocycles. The van der Waals surface area contributed by atoms with Crippen molar-refractivity contribution in [2.45, 2.75) is 32.1 Å². The normalized spacial score (nSPS) is 18.6. The van der Waals surface area contributed by atoms with E-state index in [9.17, 15) is 4.79 Å². The van der Waals surface area contributed by atoms with Crippen LogP contribution >= 0.6 is 0 Å². The van der Waals surface area contributed by atoms with E-state index in [1.54, 1.807) is 25.4 Å². The predicted octanol–water partition coefficient (Wildman–Crippen LogP) is 1.77. The fourth-order valence-corrected chi connectivity index (χ4v) is 3.46. The molecule has 2 aliphatic heterocycles. The minimum atomic E-state index is -0.490. The van der Waals surface area contributed by atoms with Gasteiger partial charge in [0.25, 0.3) is 5.91 Å². The fraction of sp³-hybridized carbons (Fsp3) is 0.474. The second kappa shape index (κ2) is 7.58. The van der Waals surface area contributed by atoms with Gasteiger partial charge in [-0.15, -0.1) is 0 Å². The standard InChI is InChI=1S/C19H23N5O3/c1-14-22-16(12-17(23-14)21-13-15-2-6-20-7-3-15)18(25)24-8-4-19(5-9-24)26-10-11-27-19/h2-3,6-7,12H,4-5,8-11,13H2,1H3,(H,21,22,23). The van der Waals surface area contributed by atoms with E-state index in [0.717, 1.165) is 5.56 Å². The third kappa shape index (κ3) is 4.06. The van der Waals surface area contributed by atoms with Gasteiger partial charge in [0.15, 0.2) is 5.79 Å². The highest BCUT2D eigenvalue weighted by Crippen LogP contribution is 2.31. The topological polar surface area (TPSA) is 89.5 Å². The number of aryl methyl sites for hydroxylation is 1. The highest BCUT2D eigenvalue weighted by molar-refractivity contribution is 5.93. The maximum Gasteiger partial charge on any atom is 0.272 e. The van der Waals surface area contributed by atoms with E-state index in [1.807, 2.05) is 17.0 Å². The molecule has 2 aromatic heterocycles. The fourth-order valence-electron chi connectivity index (χ4n) is 3.46. The smallest absolute Gasteiger partial charge is 0.272 e. The van der Waals surface area contributed by atoms with Gasteiger partial charge in [0.1, 0.15) is 17.3 Å². The van der Waals surface area contributed by atoms with Crippen molar-refractivity contribution in [2.75, 3.05) is 31.6 Å². The van der Waals surface area contributed by atoms with Crippen LogP contribution in [0.1, 0.15) is 34.7 Å². The molecule has 1 amide bonds. The summed E-state index contributed by atoms with van der Waals surface area (Å²) in [5, 5.41) is 3.25. The first kappa shape index (κ1) is 17.8. The van der Waals surface area contributed by atoms with Crippen LogP contribution in [0.3, 0.4) is 0 Å². The van der Waals surface area contributed by atoms with Gasteiger partial charge in [-0.2, -0.15) is 0 Å². The highest BCUT2D eigenvalue weighted by Gasteiger charge is 2.41. The number of aromatic nitrogens is 3. The van der Waals surface area contributed by atoms with Crippen LogP contribution in [0.15, 0.2) is 30.6 Å². The van der Waals surface area contributed by atoms with Gasteiger partial charge < -0.3 is 19.7 Å². The van der Waals surface area contributed by atoms with Gasteiger partial charge in [-0.25, -0.2) is 9.97 Å². The molecular weight excluding hydrogens is 346 g/mol. The quantitative estimate of drug-likeness (QED) is 0.878. The van der Waals surface area contributed by atoms with Crippen LogP contribution in [0, 0.1) is 6.92 Å². The average Bonchev–Trinajstić information content (AvgIpc) is 3.15. The van der Waals surface area contributed by atoms with E-state index in [1.165, 1.54) is 0 Å². The lowest BCUT2D eigenvalue weighted by atomic mass is 10.0. The first-order valence-corrected chi connectivity index (χ1v) is 9.19. The molecule has 0 atom stereocenters. The monoisotopic (exact) mass is 369 g/mol. The van der Waals surface area contributed by atoms with Crippen LogP contribution in [0.2, 0.25) is 0 Å². The number of carbonyl (C=O) groups excluding carboxylic acids is 1. The molecule has 0 saturated carbocycles. The zero-order chi connectivity index (χ0) is 18.7. The molecule has 0 aliphatic carbocycles. The molecule has 2 aromatic rings. The van der Waals surface area contributed by atoms with Crippen LogP contribution in [0.5, 0.6) is 0 Å². The van der Waals surface area contributed by atoms with E-state index >= 15 is 0 Å². The summed E-state index contributed by atoms with van der Waals surface area (Å²) in [6.07, 6.45) is 4.88. The second-order valence-corrected chi connectivity index (χ2v) is 6.79. The maximum absolute atomic E-state index is 12.9. The van der Waals surface area contributed by atoms with E-state index < -0.39 is 5.79 Å². The van der Waals surface area contributed by atoms with Crippen molar-refractivity contribution in [2.24, 2.45) is 0 Å². The predicted molar refractivity (Wildman–Crippen MR) is 98.1 cm³/mol. The molecule has 2 saturated heterocycles. The summed E-state index contributed by atoms with van der Waals surface area (Å²) in [5.41, 5.74) is 1.50. The zero-order valence-electron chi connectivity index (χ0n) is 15.4. The number of rotatable bonds is 4. The van der Waals surface area contributed by atoms with Crippen molar-refractivity contribution >= 4 is 11.7 Å². The first-order chi connectivity index (χ1) is 13.1. The first-order valence-electron chi connectivity index (χ1n) is 9.19. The Hall–Kier alpha value is -2.58. The van der Waals surface area contributed by atoms with Gasteiger partial charge in [0, 0.05) is 50.9 Å². The third-order valence-corrected chi connectivity index (χ3v) is 4.91. The van der Waals surface area contributed by atoms with Crippen molar-refractivity contribution in [1.29, 1.82) is 0 Å². The van der Waals surface area contributed by atoms with Gasteiger partial charge in [0.2, 0.25) is 0 Å². The molecule has 1 spiro atoms. The Balaban J connectivity index is 1.42. The molecule has 142 valence electrons. The number of nitrogens with zero attached hydrogens (tertiary/aromatic N) is 4. The molecule has 0 aromatic carbocycles. The lowest BCUT2D eigenvalue weighted by molar-refractivity contribution is -0.181. The van der Waals surface area contributed by atoms with E-state index in [0.29, 0.717) is 63.0 Å². The number of amides is 1. The van der Waals surface area contributed by atoms with Gasteiger partial charge in [-0.3, -0.25) is 9.78 Å². The number of anilines is 1. The van der Waals surface area contributed by atoms with Crippen molar-refractivity contribution in [3.63, 3.8) is 0 Å². The number of nitrogens with one attached hydrogen (secondary N) is 1. The van der Waals surface area contributed by atoms with Crippen molar-refractivity contribution in [1.82, 2.24) is 19.9 Å². The summed E-state index contributed by atoms with van der Waals surface area (Å²) in [6.45, 7) is 4.85. The van der Waals surface area contributed by atoms with Crippen LogP contribution in [-0.4, -0.2) is 57.8 Å². The molecule has 2 fully saturated rings. The van der Waals surface area contributed by atoms with Crippen LogP contribution in [0.25, 0.3) is 0 Å². The molecule has 8 nitrogen and oxygen atoms in total. The molecule has 4 rings (SSSR count). The number of carbonyl (C=O) groups is 1. The van der Waals surface area contributed by atoms with E-state index in [4.69, 9.17) is 9.47 Å². The largest absolute Gasteiger partial charge is 0.366 e.